The van der Waals surface area contributed by atoms with Gasteiger partial charge in [-0.2, -0.15) is 0 Å². The van der Waals surface area contributed by atoms with Gasteiger partial charge in [0.25, 0.3) is 5.91 Å². The fourth-order valence-electron chi connectivity index (χ4n) is 2.66. The summed E-state index contributed by atoms with van der Waals surface area (Å²) in [6.07, 6.45) is 0.717. The summed E-state index contributed by atoms with van der Waals surface area (Å²) in [4.78, 5) is 26.8. The van der Waals surface area contributed by atoms with Crippen LogP contribution in [0.1, 0.15) is 32.4 Å². The molecule has 0 aliphatic carbocycles. The van der Waals surface area contributed by atoms with Crippen molar-refractivity contribution in [1.82, 2.24) is 4.90 Å². The number of benzene rings is 1. The molecule has 1 amide bonds. The van der Waals surface area contributed by atoms with Gasteiger partial charge in [0.15, 0.2) is 6.04 Å². The largest absolute Gasteiger partial charge is 0.479 e. The molecule has 0 saturated heterocycles. The van der Waals surface area contributed by atoms with Gasteiger partial charge in [-0.3, -0.25) is 4.79 Å². The van der Waals surface area contributed by atoms with E-state index in [0.717, 1.165) is 16.0 Å². The number of aliphatic carboxylic acids is 1. The van der Waals surface area contributed by atoms with E-state index in [0.29, 0.717) is 18.5 Å². The number of thiophene rings is 1. The van der Waals surface area contributed by atoms with Gasteiger partial charge in [0.2, 0.25) is 0 Å². The van der Waals surface area contributed by atoms with Gasteiger partial charge in [0, 0.05) is 17.0 Å². The molecule has 0 saturated carbocycles. The molecule has 0 fully saturated rings. The molecule has 1 aromatic heterocycles. The molecule has 1 aromatic carbocycles. The highest BCUT2D eigenvalue weighted by Gasteiger charge is 2.36. The van der Waals surface area contributed by atoms with Crippen molar-refractivity contribution >= 4 is 23.2 Å². The van der Waals surface area contributed by atoms with Gasteiger partial charge >= 0.3 is 5.97 Å². The maximum Gasteiger partial charge on any atom is 0.331 e. The molecule has 1 atom stereocenters. The summed E-state index contributed by atoms with van der Waals surface area (Å²) in [6.45, 7) is 2.39. The van der Waals surface area contributed by atoms with E-state index in [1.165, 1.54) is 4.90 Å². The highest BCUT2D eigenvalue weighted by Crippen LogP contribution is 2.34. The fraction of sp³-hybridized carbons (Fsp3) is 0.250. The maximum absolute atomic E-state index is 12.6. The van der Waals surface area contributed by atoms with E-state index in [1.807, 2.05) is 30.5 Å². The third kappa shape index (κ3) is 2.45. The van der Waals surface area contributed by atoms with Gasteiger partial charge < -0.3 is 10.0 Å². The molecule has 21 heavy (non-hydrogen) atoms. The molecule has 1 unspecified atom stereocenters. The summed E-state index contributed by atoms with van der Waals surface area (Å²) in [5, 5.41) is 11.4. The Balaban J connectivity index is 1.96. The first kappa shape index (κ1) is 13.8. The lowest BCUT2D eigenvalue weighted by atomic mass is 9.98. The molecule has 2 aromatic rings. The first-order valence-corrected chi connectivity index (χ1v) is 7.62. The lowest BCUT2D eigenvalue weighted by Gasteiger charge is -2.33. The maximum atomic E-state index is 12.6. The number of rotatable bonds is 2. The number of carboxylic acid groups (broad SMARTS) is 1. The topological polar surface area (TPSA) is 57.6 Å². The minimum absolute atomic E-state index is 0.223. The number of carbonyl (C=O) groups is 2. The summed E-state index contributed by atoms with van der Waals surface area (Å²) in [6, 6.07) is 8.16. The molecule has 108 valence electrons. The Morgan fingerprint density at radius 2 is 1.95 bits per heavy atom. The molecule has 0 bridgehead atoms. The van der Waals surface area contributed by atoms with E-state index >= 15 is 0 Å². The van der Waals surface area contributed by atoms with Crippen LogP contribution in [0.2, 0.25) is 0 Å². The zero-order valence-electron chi connectivity index (χ0n) is 11.6. The SMILES string of the molecule is Cc1ccc(C(=O)N2CCc3sccc3C2C(=O)O)cc1. The minimum atomic E-state index is -0.977. The van der Waals surface area contributed by atoms with Crippen LogP contribution in [0.3, 0.4) is 0 Å². The first-order valence-electron chi connectivity index (χ1n) is 6.74. The van der Waals surface area contributed by atoms with Crippen LogP contribution in [-0.2, 0) is 11.2 Å². The van der Waals surface area contributed by atoms with Crippen LogP contribution in [0.25, 0.3) is 0 Å². The van der Waals surface area contributed by atoms with Crippen LogP contribution in [0.4, 0.5) is 0 Å². The number of carbonyl (C=O) groups excluding carboxylic acids is 1. The van der Waals surface area contributed by atoms with Gasteiger partial charge in [-0.15, -0.1) is 11.3 Å². The Kier molecular flexibility index (Phi) is 3.51. The van der Waals surface area contributed by atoms with Gasteiger partial charge in [-0.1, -0.05) is 17.7 Å². The van der Waals surface area contributed by atoms with E-state index in [4.69, 9.17) is 0 Å². The Bertz CT molecular complexity index is 690. The first-order chi connectivity index (χ1) is 10.1. The Labute approximate surface area is 126 Å². The molecule has 1 aliphatic rings. The number of nitrogens with zero attached hydrogens (tertiary/aromatic N) is 1. The molecule has 5 heteroatoms. The summed E-state index contributed by atoms with van der Waals surface area (Å²) in [5.41, 5.74) is 2.35. The standard InChI is InChI=1S/C16H15NO3S/c1-10-2-4-11(5-3-10)15(18)17-8-6-13-12(7-9-21-13)14(17)16(19)20/h2-5,7,9,14H,6,8H2,1H3,(H,19,20). The third-order valence-electron chi connectivity index (χ3n) is 3.76. The number of hydrogen-bond acceptors (Lipinski definition) is 3. The molecular formula is C16H15NO3S. The summed E-state index contributed by atoms with van der Waals surface area (Å²) in [7, 11) is 0. The predicted molar refractivity (Wildman–Crippen MR) is 80.6 cm³/mol. The molecule has 3 rings (SSSR count). The van der Waals surface area contributed by atoms with E-state index in [2.05, 4.69) is 0 Å². The number of fused-ring (bicyclic) bond motifs is 1. The predicted octanol–water partition coefficient (Wildman–Crippen LogP) is 2.88. The normalized spacial score (nSPS) is 17.4. The molecule has 2 heterocycles. The van der Waals surface area contributed by atoms with E-state index in [1.54, 1.807) is 23.5 Å². The van der Waals surface area contributed by atoms with Crippen molar-refractivity contribution in [2.75, 3.05) is 6.54 Å². The quantitative estimate of drug-likeness (QED) is 0.928. The smallest absolute Gasteiger partial charge is 0.331 e. The second-order valence-corrected chi connectivity index (χ2v) is 6.16. The van der Waals surface area contributed by atoms with Crippen molar-refractivity contribution in [3.8, 4) is 0 Å². The van der Waals surface area contributed by atoms with Crippen LogP contribution in [0.15, 0.2) is 35.7 Å². The molecule has 0 spiro atoms. The minimum Gasteiger partial charge on any atom is -0.479 e. The molecule has 0 radical (unpaired) electrons. The van der Waals surface area contributed by atoms with Crippen molar-refractivity contribution in [3.05, 3.63) is 57.3 Å². The van der Waals surface area contributed by atoms with Crippen molar-refractivity contribution in [1.29, 1.82) is 0 Å². The van der Waals surface area contributed by atoms with Gasteiger partial charge in [0.05, 0.1) is 0 Å². The van der Waals surface area contributed by atoms with Crippen molar-refractivity contribution < 1.29 is 14.7 Å². The lowest BCUT2D eigenvalue weighted by Crippen LogP contribution is -2.43. The van der Waals surface area contributed by atoms with Crippen LogP contribution < -0.4 is 0 Å². The van der Waals surface area contributed by atoms with Crippen LogP contribution in [0, 0.1) is 6.92 Å². The van der Waals surface area contributed by atoms with E-state index < -0.39 is 12.0 Å². The number of hydrogen-bond donors (Lipinski definition) is 1. The lowest BCUT2D eigenvalue weighted by molar-refractivity contribution is -0.142. The van der Waals surface area contributed by atoms with E-state index in [-0.39, 0.29) is 5.91 Å². The van der Waals surface area contributed by atoms with Crippen molar-refractivity contribution in [2.45, 2.75) is 19.4 Å². The Morgan fingerprint density at radius 1 is 1.24 bits per heavy atom. The molecule has 4 nitrogen and oxygen atoms in total. The van der Waals surface area contributed by atoms with Gasteiger partial charge in [0.1, 0.15) is 0 Å². The number of aryl methyl sites for hydroxylation is 1. The monoisotopic (exact) mass is 301 g/mol. The van der Waals surface area contributed by atoms with Crippen LogP contribution in [-0.4, -0.2) is 28.4 Å². The van der Waals surface area contributed by atoms with Gasteiger partial charge in [-0.25, -0.2) is 4.79 Å². The van der Waals surface area contributed by atoms with Crippen LogP contribution >= 0.6 is 11.3 Å². The Morgan fingerprint density at radius 3 is 2.62 bits per heavy atom. The molecular weight excluding hydrogens is 286 g/mol. The second kappa shape index (κ2) is 5.33. The average molecular weight is 301 g/mol. The average Bonchev–Trinajstić information content (AvgIpc) is 2.94. The van der Waals surface area contributed by atoms with Crippen molar-refractivity contribution in [2.24, 2.45) is 0 Å². The fourth-order valence-corrected chi connectivity index (χ4v) is 3.57. The second-order valence-electron chi connectivity index (χ2n) is 5.15. The zero-order valence-corrected chi connectivity index (χ0v) is 12.4. The number of amides is 1. The van der Waals surface area contributed by atoms with Crippen molar-refractivity contribution in [3.63, 3.8) is 0 Å². The number of carboxylic acids is 1. The highest BCUT2D eigenvalue weighted by atomic mass is 32.1. The third-order valence-corrected chi connectivity index (χ3v) is 4.76. The zero-order chi connectivity index (χ0) is 15.0. The van der Waals surface area contributed by atoms with E-state index in [9.17, 15) is 14.7 Å². The molecule has 1 aliphatic heterocycles. The summed E-state index contributed by atoms with van der Waals surface area (Å²) in [5.74, 6) is -1.20. The summed E-state index contributed by atoms with van der Waals surface area (Å²) < 4.78 is 0. The highest BCUT2D eigenvalue weighted by molar-refractivity contribution is 7.10. The molecule has 1 N–H and O–H groups in total. The van der Waals surface area contributed by atoms with Crippen LogP contribution in [0.5, 0.6) is 0 Å². The summed E-state index contributed by atoms with van der Waals surface area (Å²) >= 11 is 1.56. The Hall–Kier alpha value is -2.14. The van der Waals surface area contributed by atoms with Gasteiger partial charge in [-0.05, 0) is 42.5 Å².